The molecule has 1 aliphatic heterocycles. The Labute approximate surface area is 120 Å². The van der Waals surface area contributed by atoms with Crippen LogP contribution >= 0.6 is 12.4 Å². The molecule has 1 aromatic rings. The van der Waals surface area contributed by atoms with Crippen LogP contribution in [0.15, 0.2) is 24.3 Å². The van der Waals surface area contributed by atoms with Crippen LogP contribution in [0.1, 0.15) is 24.9 Å². The van der Waals surface area contributed by atoms with Crippen molar-refractivity contribution in [1.29, 1.82) is 0 Å². The summed E-state index contributed by atoms with van der Waals surface area (Å²) in [5.41, 5.74) is 1.08. The van der Waals surface area contributed by atoms with Crippen molar-refractivity contribution in [3.63, 3.8) is 0 Å². The van der Waals surface area contributed by atoms with Gasteiger partial charge in [-0.15, -0.1) is 12.4 Å². The van der Waals surface area contributed by atoms with Crippen LogP contribution in [-0.2, 0) is 4.79 Å². The van der Waals surface area contributed by atoms with Crippen LogP contribution in [0.5, 0.6) is 5.75 Å². The van der Waals surface area contributed by atoms with Gasteiger partial charge in [0.2, 0.25) is 5.91 Å². The maximum absolute atomic E-state index is 12.0. The first-order valence-corrected chi connectivity index (χ1v) is 6.41. The number of hydrogen-bond donors (Lipinski definition) is 1. The van der Waals surface area contributed by atoms with Crippen molar-refractivity contribution in [2.45, 2.75) is 19.4 Å². The number of amides is 1. The number of nitrogens with zero attached hydrogens (tertiary/aromatic N) is 1. The molecule has 0 radical (unpaired) electrons. The zero-order chi connectivity index (χ0) is 13.0. The molecule has 1 aliphatic rings. The number of methoxy groups -OCH3 is 1. The van der Waals surface area contributed by atoms with Crippen molar-refractivity contribution < 1.29 is 9.53 Å². The predicted molar refractivity (Wildman–Crippen MR) is 77.9 cm³/mol. The molecule has 1 atom stereocenters. The van der Waals surface area contributed by atoms with Gasteiger partial charge in [-0.1, -0.05) is 25.1 Å². The van der Waals surface area contributed by atoms with Crippen LogP contribution in [0.4, 0.5) is 0 Å². The van der Waals surface area contributed by atoms with Gasteiger partial charge in [0.05, 0.1) is 13.2 Å². The number of halogens is 1. The highest BCUT2D eigenvalue weighted by Crippen LogP contribution is 2.30. The van der Waals surface area contributed by atoms with E-state index >= 15 is 0 Å². The molecule has 1 saturated heterocycles. The Kier molecular flexibility index (Phi) is 6.12. The molecule has 1 aromatic carbocycles. The highest BCUT2D eigenvalue weighted by molar-refractivity contribution is 5.85. The van der Waals surface area contributed by atoms with Gasteiger partial charge in [-0.2, -0.15) is 0 Å². The van der Waals surface area contributed by atoms with Crippen molar-refractivity contribution in [2.75, 3.05) is 26.7 Å². The molecule has 1 amide bonds. The molecular formula is C14H21ClN2O2. The van der Waals surface area contributed by atoms with Crippen LogP contribution in [0.25, 0.3) is 0 Å². The third-order valence-corrected chi connectivity index (χ3v) is 3.36. The summed E-state index contributed by atoms with van der Waals surface area (Å²) in [5.74, 6) is 1.05. The average Bonchev–Trinajstić information content (AvgIpc) is 2.46. The van der Waals surface area contributed by atoms with Crippen molar-refractivity contribution in [2.24, 2.45) is 0 Å². The number of piperazine rings is 1. The first kappa shape index (κ1) is 15.8. The molecule has 4 nitrogen and oxygen atoms in total. The first-order chi connectivity index (χ1) is 8.77. The number of carbonyl (C=O) groups excluding carboxylic acids is 1. The summed E-state index contributed by atoms with van der Waals surface area (Å²) in [4.78, 5) is 14.0. The maximum atomic E-state index is 12.0. The lowest BCUT2D eigenvalue weighted by molar-refractivity contribution is -0.134. The molecule has 0 saturated carbocycles. The lowest BCUT2D eigenvalue weighted by Crippen LogP contribution is -2.48. The SMILES string of the molecule is CCC(=O)N1CCNCC1c1ccccc1OC.Cl. The molecule has 1 N–H and O–H groups in total. The quantitative estimate of drug-likeness (QED) is 0.923. The van der Waals surface area contributed by atoms with Crippen LogP contribution in [0.3, 0.4) is 0 Å². The monoisotopic (exact) mass is 284 g/mol. The van der Waals surface area contributed by atoms with E-state index in [1.54, 1.807) is 7.11 Å². The highest BCUT2D eigenvalue weighted by atomic mass is 35.5. The van der Waals surface area contributed by atoms with Gasteiger partial charge in [0.15, 0.2) is 0 Å². The summed E-state index contributed by atoms with van der Waals surface area (Å²) in [6.07, 6.45) is 0.547. The molecule has 0 bridgehead atoms. The van der Waals surface area contributed by atoms with Crippen molar-refractivity contribution in [3.8, 4) is 5.75 Å². The second kappa shape index (κ2) is 7.36. The van der Waals surface area contributed by atoms with Crippen molar-refractivity contribution in [1.82, 2.24) is 10.2 Å². The van der Waals surface area contributed by atoms with E-state index in [0.717, 1.165) is 30.9 Å². The lowest BCUT2D eigenvalue weighted by atomic mass is 10.0. The third kappa shape index (κ3) is 3.39. The molecule has 0 aromatic heterocycles. The molecular weight excluding hydrogens is 264 g/mol. The van der Waals surface area contributed by atoms with Crippen molar-refractivity contribution >= 4 is 18.3 Å². The minimum Gasteiger partial charge on any atom is -0.496 e. The predicted octanol–water partition coefficient (Wildman–Crippen LogP) is 2.00. The zero-order valence-corrected chi connectivity index (χ0v) is 12.2. The number of carbonyl (C=O) groups is 1. The molecule has 0 spiro atoms. The van der Waals surface area contributed by atoms with Gasteiger partial charge in [0, 0.05) is 31.6 Å². The Morgan fingerprint density at radius 2 is 2.21 bits per heavy atom. The van der Waals surface area contributed by atoms with Gasteiger partial charge in [0.1, 0.15) is 5.75 Å². The second-order valence-corrected chi connectivity index (χ2v) is 4.40. The van der Waals surface area contributed by atoms with Gasteiger partial charge in [-0.3, -0.25) is 4.79 Å². The van der Waals surface area contributed by atoms with E-state index in [1.807, 2.05) is 36.1 Å². The Balaban J connectivity index is 0.00000180. The van der Waals surface area contributed by atoms with Crippen LogP contribution < -0.4 is 10.1 Å². The summed E-state index contributed by atoms with van der Waals surface area (Å²) >= 11 is 0. The van der Waals surface area contributed by atoms with E-state index < -0.39 is 0 Å². The van der Waals surface area contributed by atoms with Gasteiger partial charge in [-0.05, 0) is 6.07 Å². The van der Waals surface area contributed by atoms with E-state index in [9.17, 15) is 4.79 Å². The topological polar surface area (TPSA) is 41.6 Å². The summed E-state index contributed by atoms with van der Waals surface area (Å²) in [7, 11) is 1.67. The third-order valence-electron chi connectivity index (χ3n) is 3.36. The van der Waals surface area contributed by atoms with E-state index in [1.165, 1.54) is 0 Å². The molecule has 106 valence electrons. The van der Waals surface area contributed by atoms with Gasteiger partial charge >= 0.3 is 0 Å². The summed E-state index contributed by atoms with van der Waals surface area (Å²) in [6, 6.07) is 7.98. The average molecular weight is 285 g/mol. The Bertz CT molecular complexity index is 426. The van der Waals surface area contributed by atoms with Crippen molar-refractivity contribution in [3.05, 3.63) is 29.8 Å². The van der Waals surface area contributed by atoms with Crippen LogP contribution in [0.2, 0.25) is 0 Å². The van der Waals surface area contributed by atoms with E-state index in [2.05, 4.69) is 5.32 Å². The van der Waals surface area contributed by atoms with Crippen LogP contribution in [0, 0.1) is 0 Å². The molecule has 5 heteroatoms. The summed E-state index contributed by atoms with van der Waals surface area (Å²) < 4.78 is 5.39. The molecule has 19 heavy (non-hydrogen) atoms. The first-order valence-electron chi connectivity index (χ1n) is 6.41. The van der Waals surface area contributed by atoms with E-state index in [-0.39, 0.29) is 24.4 Å². The maximum Gasteiger partial charge on any atom is 0.222 e. The number of benzene rings is 1. The summed E-state index contributed by atoms with van der Waals surface area (Å²) in [5, 5.41) is 3.34. The lowest BCUT2D eigenvalue weighted by Gasteiger charge is -2.37. The Morgan fingerprint density at radius 1 is 1.47 bits per heavy atom. The molecule has 1 unspecified atom stereocenters. The standard InChI is InChI=1S/C14H20N2O2.ClH/c1-3-14(17)16-9-8-15-10-12(16)11-6-4-5-7-13(11)18-2;/h4-7,12,15H,3,8-10H2,1-2H3;1H. The second-order valence-electron chi connectivity index (χ2n) is 4.40. The zero-order valence-electron chi connectivity index (χ0n) is 11.4. The number of para-hydroxylation sites is 1. The molecule has 2 rings (SSSR count). The molecule has 1 fully saturated rings. The fraction of sp³-hybridized carbons (Fsp3) is 0.500. The fourth-order valence-electron chi connectivity index (χ4n) is 2.43. The smallest absolute Gasteiger partial charge is 0.222 e. The highest BCUT2D eigenvalue weighted by Gasteiger charge is 2.28. The van der Waals surface area contributed by atoms with Gasteiger partial charge in [0.25, 0.3) is 0 Å². The minimum absolute atomic E-state index is 0. The molecule has 1 heterocycles. The van der Waals surface area contributed by atoms with Gasteiger partial charge in [-0.25, -0.2) is 0 Å². The number of ether oxygens (including phenoxy) is 1. The van der Waals surface area contributed by atoms with Crippen LogP contribution in [-0.4, -0.2) is 37.6 Å². The van der Waals surface area contributed by atoms with E-state index in [0.29, 0.717) is 6.42 Å². The number of hydrogen-bond acceptors (Lipinski definition) is 3. The van der Waals surface area contributed by atoms with E-state index in [4.69, 9.17) is 4.74 Å². The summed E-state index contributed by atoms with van der Waals surface area (Å²) in [6.45, 7) is 4.31. The largest absolute Gasteiger partial charge is 0.496 e. The number of rotatable bonds is 3. The minimum atomic E-state index is 0. The fourth-order valence-corrected chi connectivity index (χ4v) is 2.43. The molecule has 0 aliphatic carbocycles. The number of nitrogens with one attached hydrogen (secondary N) is 1. The normalized spacial score (nSPS) is 18.6. The Hall–Kier alpha value is -1.26. The van der Waals surface area contributed by atoms with Gasteiger partial charge < -0.3 is 15.0 Å². The Morgan fingerprint density at radius 3 is 2.89 bits per heavy atom.